The summed E-state index contributed by atoms with van der Waals surface area (Å²) >= 11 is 1.54. The second-order valence-electron chi connectivity index (χ2n) is 5.51. The zero-order valence-corrected chi connectivity index (χ0v) is 14.4. The van der Waals surface area contributed by atoms with Gasteiger partial charge in [-0.15, -0.1) is 11.8 Å². The number of para-hydroxylation sites is 1. The molecular weight excluding hydrogens is 326 g/mol. The number of rotatable bonds is 7. The SMILES string of the molecule is CSc1cnn(-c2ccccc2)c1NC(=O)COC[C@H]1CCCO1. The molecule has 2 aromatic rings. The Morgan fingerprint density at radius 2 is 2.29 bits per heavy atom. The van der Waals surface area contributed by atoms with E-state index in [0.29, 0.717) is 12.4 Å². The van der Waals surface area contributed by atoms with E-state index in [4.69, 9.17) is 9.47 Å². The van der Waals surface area contributed by atoms with Crippen LogP contribution in [0, 0.1) is 0 Å². The van der Waals surface area contributed by atoms with Crippen LogP contribution in [0.15, 0.2) is 41.4 Å². The number of thioether (sulfide) groups is 1. The van der Waals surface area contributed by atoms with Crippen LogP contribution in [0.5, 0.6) is 0 Å². The molecule has 0 radical (unpaired) electrons. The number of anilines is 1. The number of hydrogen-bond acceptors (Lipinski definition) is 5. The number of aromatic nitrogens is 2. The standard InChI is InChI=1S/C17H21N3O3S/c1-24-15-10-18-20(13-6-3-2-4-7-13)17(15)19-16(21)12-22-11-14-8-5-9-23-14/h2-4,6-7,10,14H,5,8-9,11-12H2,1H3,(H,19,21)/t14-/m1/s1. The molecule has 1 saturated heterocycles. The summed E-state index contributed by atoms with van der Waals surface area (Å²) in [5.74, 6) is 0.473. The average molecular weight is 347 g/mol. The monoisotopic (exact) mass is 347 g/mol. The van der Waals surface area contributed by atoms with Crippen molar-refractivity contribution in [1.29, 1.82) is 0 Å². The first-order valence-electron chi connectivity index (χ1n) is 7.94. The second kappa shape index (κ2) is 8.32. The van der Waals surface area contributed by atoms with Crippen molar-refractivity contribution < 1.29 is 14.3 Å². The molecule has 0 saturated carbocycles. The van der Waals surface area contributed by atoms with Gasteiger partial charge < -0.3 is 14.8 Å². The Bertz CT molecular complexity index is 669. The van der Waals surface area contributed by atoms with Crippen LogP contribution in [0.25, 0.3) is 5.69 Å². The summed E-state index contributed by atoms with van der Waals surface area (Å²) in [5.41, 5.74) is 0.897. The first-order valence-corrected chi connectivity index (χ1v) is 9.17. The molecule has 1 aromatic carbocycles. The molecule has 0 unspecified atom stereocenters. The van der Waals surface area contributed by atoms with E-state index in [1.54, 1.807) is 10.9 Å². The fraction of sp³-hybridized carbons (Fsp3) is 0.412. The van der Waals surface area contributed by atoms with Gasteiger partial charge >= 0.3 is 0 Å². The van der Waals surface area contributed by atoms with Gasteiger partial charge in [0.05, 0.1) is 29.5 Å². The molecule has 2 heterocycles. The molecule has 1 fully saturated rings. The van der Waals surface area contributed by atoms with Gasteiger partial charge in [0.15, 0.2) is 0 Å². The Morgan fingerprint density at radius 3 is 3.00 bits per heavy atom. The van der Waals surface area contributed by atoms with E-state index in [-0.39, 0.29) is 18.6 Å². The third-order valence-corrected chi connectivity index (χ3v) is 4.51. The first kappa shape index (κ1) is 17.0. The minimum atomic E-state index is -0.194. The number of nitrogens with zero attached hydrogens (tertiary/aromatic N) is 2. The number of nitrogens with one attached hydrogen (secondary N) is 1. The quantitative estimate of drug-likeness (QED) is 0.780. The molecule has 1 N–H and O–H groups in total. The third kappa shape index (κ3) is 4.17. The molecule has 1 atom stereocenters. The molecule has 7 heteroatoms. The lowest BCUT2D eigenvalue weighted by Gasteiger charge is -2.12. The van der Waals surface area contributed by atoms with E-state index in [1.807, 2.05) is 36.6 Å². The predicted molar refractivity (Wildman–Crippen MR) is 93.8 cm³/mol. The summed E-state index contributed by atoms with van der Waals surface area (Å²) in [4.78, 5) is 13.1. The van der Waals surface area contributed by atoms with Crippen LogP contribution in [0.1, 0.15) is 12.8 Å². The van der Waals surface area contributed by atoms with E-state index < -0.39 is 0 Å². The van der Waals surface area contributed by atoms with Crippen molar-refractivity contribution in [2.24, 2.45) is 0 Å². The summed E-state index contributed by atoms with van der Waals surface area (Å²) in [5, 5.41) is 7.28. The third-order valence-electron chi connectivity index (χ3n) is 3.78. The lowest BCUT2D eigenvalue weighted by atomic mass is 10.2. The topological polar surface area (TPSA) is 65.4 Å². The minimum Gasteiger partial charge on any atom is -0.376 e. The Balaban J connectivity index is 1.63. The Morgan fingerprint density at radius 1 is 1.46 bits per heavy atom. The summed E-state index contributed by atoms with van der Waals surface area (Å²) < 4.78 is 12.7. The highest BCUT2D eigenvalue weighted by molar-refractivity contribution is 7.98. The zero-order valence-electron chi connectivity index (χ0n) is 13.6. The predicted octanol–water partition coefficient (Wildman–Crippen LogP) is 2.73. The van der Waals surface area contributed by atoms with Crippen molar-refractivity contribution in [3.05, 3.63) is 36.5 Å². The average Bonchev–Trinajstić information content (AvgIpc) is 3.25. The molecule has 1 aliphatic rings. The van der Waals surface area contributed by atoms with Crippen molar-refractivity contribution in [3.63, 3.8) is 0 Å². The number of amides is 1. The van der Waals surface area contributed by atoms with Gasteiger partial charge in [-0.2, -0.15) is 5.10 Å². The second-order valence-corrected chi connectivity index (χ2v) is 6.36. The van der Waals surface area contributed by atoms with Gasteiger partial charge in [0.25, 0.3) is 5.91 Å². The van der Waals surface area contributed by atoms with E-state index in [1.165, 1.54) is 11.8 Å². The van der Waals surface area contributed by atoms with Crippen molar-refractivity contribution in [3.8, 4) is 5.69 Å². The van der Waals surface area contributed by atoms with E-state index in [0.717, 1.165) is 30.0 Å². The summed E-state index contributed by atoms with van der Waals surface area (Å²) in [6.07, 6.45) is 5.89. The molecule has 0 bridgehead atoms. The Hall–Kier alpha value is -1.83. The van der Waals surface area contributed by atoms with Gasteiger partial charge in [0, 0.05) is 6.61 Å². The van der Waals surface area contributed by atoms with Gasteiger partial charge in [0.1, 0.15) is 12.4 Å². The van der Waals surface area contributed by atoms with Gasteiger partial charge in [-0.3, -0.25) is 4.79 Å². The Kier molecular flexibility index (Phi) is 5.90. The van der Waals surface area contributed by atoms with Crippen LogP contribution in [0.2, 0.25) is 0 Å². The molecule has 24 heavy (non-hydrogen) atoms. The lowest BCUT2D eigenvalue weighted by molar-refractivity contribution is -0.121. The number of benzene rings is 1. The van der Waals surface area contributed by atoms with Crippen molar-refractivity contribution >= 4 is 23.5 Å². The maximum Gasteiger partial charge on any atom is 0.251 e. The molecule has 1 amide bonds. The van der Waals surface area contributed by atoms with Crippen LogP contribution >= 0.6 is 11.8 Å². The van der Waals surface area contributed by atoms with Crippen LogP contribution in [0.4, 0.5) is 5.82 Å². The number of carbonyl (C=O) groups excluding carboxylic acids is 1. The zero-order chi connectivity index (χ0) is 16.8. The summed E-state index contributed by atoms with van der Waals surface area (Å²) in [7, 11) is 0. The highest BCUT2D eigenvalue weighted by atomic mass is 32.2. The van der Waals surface area contributed by atoms with Crippen LogP contribution in [-0.2, 0) is 14.3 Å². The Labute approximate surface area is 145 Å². The molecule has 1 aromatic heterocycles. The fourth-order valence-electron chi connectivity index (χ4n) is 2.59. The molecule has 3 rings (SSSR count). The largest absolute Gasteiger partial charge is 0.376 e. The minimum absolute atomic E-state index is 0.00759. The highest BCUT2D eigenvalue weighted by Gasteiger charge is 2.17. The van der Waals surface area contributed by atoms with Crippen molar-refractivity contribution in [2.45, 2.75) is 23.8 Å². The van der Waals surface area contributed by atoms with Gasteiger partial charge in [-0.05, 0) is 31.2 Å². The lowest BCUT2D eigenvalue weighted by Crippen LogP contribution is -2.23. The maximum absolute atomic E-state index is 12.2. The summed E-state index contributed by atoms with van der Waals surface area (Å²) in [6, 6.07) is 9.71. The normalized spacial score (nSPS) is 17.1. The highest BCUT2D eigenvalue weighted by Crippen LogP contribution is 2.27. The molecule has 0 spiro atoms. The molecule has 0 aliphatic carbocycles. The van der Waals surface area contributed by atoms with E-state index in [2.05, 4.69) is 10.4 Å². The van der Waals surface area contributed by atoms with E-state index in [9.17, 15) is 4.79 Å². The van der Waals surface area contributed by atoms with Crippen LogP contribution < -0.4 is 5.32 Å². The van der Waals surface area contributed by atoms with Crippen molar-refractivity contribution in [2.75, 3.05) is 31.4 Å². The van der Waals surface area contributed by atoms with Crippen molar-refractivity contribution in [1.82, 2.24) is 9.78 Å². The van der Waals surface area contributed by atoms with Gasteiger partial charge in [0.2, 0.25) is 0 Å². The molecule has 128 valence electrons. The summed E-state index contributed by atoms with van der Waals surface area (Å²) in [6.45, 7) is 1.25. The molecule has 6 nitrogen and oxygen atoms in total. The van der Waals surface area contributed by atoms with Crippen LogP contribution in [0.3, 0.4) is 0 Å². The smallest absolute Gasteiger partial charge is 0.251 e. The van der Waals surface area contributed by atoms with Gasteiger partial charge in [-0.1, -0.05) is 18.2 Å². The fourth-order valence-corrected chi connectivity index (χ4v) is 3.07. The number of hydrogen-bond donors (Lipinski definition) is 1. The molecule has 1 aliphatic heterocycles. The van der Waals surface area contributed by atoms with Crippen LogP contribution in [-0.4, -0.2) is 47.9 Å². The first-order chi connectivity index (χ1) is 11.8. The number of carbonyl (C=O) groups is 1. The van der Waals surface area contributed by atoms with E-state index >= 15 is 0 Å². The van der Waals surface area contributed by atoms with Gasteiger partial charge in [-0.25, -0.2) is 4.68 Å². The molecular formula is C17H21N3O3S. The maximum atomic E-state index is 12.2. The number of ether oxygens (including phenoxy) is 2.